The number of carbonyl (C=O) groups is 1. The maximum atomic E-state index is 11.4. The standard InChI is InChI=1S/C11H21NO/c1-10(2)11(13)6-9-12-7-4-3-5-8-12/h10H,3-9H2,1-2H3. The average Bonchev–Trinajstić information content (AvgIpc) is 2.15. The molecule has 0 spiro atoms. The van der Waals surface area contributed by atoms with E-state index in [1.807, 2.05) is 13.8 Å². The Hall–Kier alpha value is -0.370. The predicted molar refractivity (Wildman–Crippen MR) is 54.8 cm³/mol. The molecule has 0 radical (unpaired) electrons. The van der Waals surface area contributed by atoms with Gasteiger partial charge in [-0.1, -0.05) is 20.3 Å². The minimum absolute atomic E-state index is 0.213. The van der Waals surface area contributed by atoms with Crippen molar-refractivity contribution in [1.29, 1.82) is 0 Å². The van der Waals surface area contributed by atoms with Crippen LogP contribution in [0.2, 0.25) is 0 Å². The summed E-state index contributed by atoms with van der Waals surface area (Å²) in [5.41, 5.74) is 0. The fraction of sp³-hybridized carbons (Fsp3) is 0.909. The number of hydrogen-bond donors (Lipinski definition) is 0. The molecule has 0 aliphatic carbocycles. The van der Waals surface area contributed by atoms with E-state index >= 15 is 0 Å². The van der Waals surface area contributed by atoms with E-state index in [-0.39, 0.29) is 5.92 Å². The molecule has 0 bridgehead atoms. The molecule has 0 N–H and O–H groups in total. The second kappa shape index (κ2) is 5.38. The Kier molecular flexibility index (Phi) is 4.43. The van der Waals surface area contributed by atoms with Crippen LogP contribution in [0, 0.1) is 5.92 Å². The highest BCUT2D eigenvalue weighted by molar-refractivity contribution is 5.80. The highest BCUT2D eigenvalue weighted by atomic mass is 16.1. The maximum Gasteiger partial charge on any atom is 0.136 e. The van der Waals surface area contributed by atoms with Gasteiger partial charge in [0.2, 0.25) is 0 Å². The molecule has 1 aliphatic rings. The van der Waals surface area contributed by atoms with Crippen molar-refractivity contribution in [2.24, 2.45) is 5.92 Å². The molecule has 0 unspecified atom stereocenters. The SMILES string of the molecule is CC(C)C(=O)CCN1CCCCC1. The minimum Gasteiger partial charge on any atom is -0.303 e. The van der Waals surface area contributed by atoms with Crippen molar-refractivity contribution in [1.82, 2.24) is 4.90 Å². The molecule has 13 heavy (non-hydrogen) atoms. The second-order valence-corrected chi connectivity index (χ2v) is 4.27. The zero-order chi connectivity index (χ0) is 9.68. The molecular formula is C11H21NO. The Morgan fingerprint density at radius 1 is 1.23 bits per heavy atom. The fourth-order valence-corrected chi connectivity index (χ4v) is 1.74. The number of hydrogen-bond acceptors (Lipinski definition) is 2. The Labute approximate surface area is 81.3 Å². The molecule has 1 saturated heterocycles. The number of rotatable bonds is 4. The quantitative estimate of drug-likeness (QED) is 0.665. The van der Waals surface area contributed by atoms with Crippen LogP contribution in [0.25, 0.3) is 0 Å². The minimum atomic E-state index is 0.213. The van der Waals surface area contributed by atoms with Gasteiger partial charge in [0.05, 0.1) is 0 Å². The van der Waals surface area contributed by atoms with Crippen molar-refractivity contribution in [3.05, 3.63) is 0 Å². The van der Waals surface area contributed by atoms with Gasteiger partial charge in [0.25, 0.3) is 0 Å². The number of carbonyl (C=O) groups excluding carboxylic acids is 1. The highest BCUT2D eigenvalue weighted by Gasteiger charge is 2.12. The number of nitrogens with zero attached hydrogens (tertiary/aromatic N) is 1. The first-order valence-corrected chi connectivity index (χ1v) is 5.45. The molecule has 1 aliphatic heterocycles. The third kappa shape index (κ3) is 3.90. The topological polar surface area (TPSA) is 20.3 Å². The summed E-state index contributed by atoms with van der Waals surface area (Å²) in [6, 6.07) is 0. The monoisotopic (exact) mass is 183 g/mol. The van der Waals surface area contributed by atoms with E-state index in [1.54, 1.807) is 0 Å². The molecule has 0 atom stereocenters. The summed E-state index contributed by atoms with van der Waals surface area (Å²) >= 11 is 0. The van der Waals surface area contributed by atoms with E-state index < -0.39 is 0 Å². The summed E-state index contributed by atoms with van der Waals surface area (Å²) in [5.74, 6) is 0.621. The summed E-state index contributed by atoms with van der Waals surface area (Å²) in [6.45, 7) is 7.35. The van der Waals surface area contributed by atoms with Gasteiger partial charge in [-0.25, -0.2) is 0 Å². The molecule has 1 rings (SSSR count). The first kappa shape index (κ1) is 10.7. The lowest BCUT2D eigenvalue weighted by Crippen LogP contribution is -2.32. The Morgan fingerprint density at radius 3 is 2.38 bits per heavy atom. The Balaban J connectivity index is 2.13. The van der Waals surface area contributed by atoms with E-state index in [9.17, 15) is 4.79 Å². The molecule has 0 saturated carbocycles. The first-order valence-electron chi connectivity index (χ1n) is 5.45. The van der Waals surface area contributed by atoms with Crippen LogP contribution in [0.4, 0.5) is 0 Å². The van der Waals surface area contributed by atoms with E-state index in [0.717, 1.165) is 13.0 Å². The fourth-order valence-electron chi connectivity index (χ4n) is 1.74. The molecular weight excluding hydrogens is 162 g/mol. The van der Waals surface area contributed by atoms with Gasteiger partial charge in [0, 0.05) is 18.9 Å². The maximum absolute atomic E-state index is 11.4. The molecule has 76 valence electrons. The number of ketones is 1. The third-order valence-electron chi connectivity index (χ3n) is 2.77. The van der Waals surface area contributed by atoms with Crippen molar-refractivity contribution >= 4 is 5.78 Å². The zero-order valence-electron chi connectivity index (χ0n) is 8.88. The lowest BCUT2D eigenvalue weighted by Gasteiger charge is -2.26. The van der Waals surface area contributed by atoms with Gasteiger partial charge >= 0.3 is 0 Å². The summed E-state index contributed by atoms with van der Waals surface area (Å²) in [7, 11) is 0. The van der Waals surface area contributed by atoms with Crippen molar-refractivity contribution < 1.29 is 4.79 Å². The highest BCUT2D eigenvalue weighted by Crippen LogP contribution is 2.09. The smallest absolute Gasteiger partial charge is 0.136 e. The summed E-state index contributed by atoms with van der Waals surface area (Å²) < 4.78 is 0. The molecule has 2 nitrogen and oxygen atoms in total. The van der Waals surface area contributed by atoms with Gasteiger partial charge in [-0.3, -0.25) is 4.79 Å². The van der Waals surface area contributed by atoms with Crippen molar-refractivity contribution in [3.8, 4) is 0 Å². The van der Waals surface area contributed by atoms with Crippen LogP contribution in [0.3, 0.4) is 0 Å². The predicted octanol–water partition coefficient (Wildman–Crippen LogP) is 2.09. The summed E-state index contributed by atoms with van der Waals surface area (Å²) in [4.78, 5) is 13.8. The van der Waals surface area contributed by atoms with E-state index in [1.165, 1.54) is 32.4 Å². The normalized spacial score (nSPS) is 19.3. The van der Waals surface area contributed by atoms with Crippen molar-refractivity contribution in [2.75, 3.05) is 19.6 Å². The Morgan fingerprint density at radius 2 is 1.85 bits per heavy atom. The first-order chi connectivity index (χ1) is 6.20. The second-order valence-electron chi connectivity index (χ2n) is 4.27. The van der Waals surface area contributed by atoms with Gasteiger partial charge in [0.1, 0.15) is 5.78 Å². The van der Waals surface area contributed by atoms with Crippen LogP contribution in [-0.2, 0) is 4.79 Å². The van der Waals surface area contributed by atoms with E-state index in [4.69, 9.17) is 0 Å². The lowest BCUT2D eigenvalue weighted by molar-refractivity contribution is -0.122. The molecule has 0 amide bonds. The average molecular weight is 183 g/mol. The van der Waals surface area contributed by atoms with Crippen LogP contribution in [0.1, 0.15) is 39.5 Å². The van der Waals surface area contributed by atoms with E-state index in [0.29, 0.717) is 5.78 Å². The van der Waals surface area contributed by atoms with Crippen molar-refractivity contribution in [2.45, 2.75) is 39.5 Å². The van der Waals surface area contributed by atoms with Crippen LogP contribution >= 0.6 is 0 Å². The summed E-state index contributed by atoms with van der Waals surface area (Å²) in [6.07, 6.45) is 4.75. The van der Waals surface area contributed by atoms with Crippen LogP contribution in [0.5, 0.6) is 0 Å². The summed E-state index contributed by atoms with van der Waals surface area (Å²) in [5, 5.41) is 0. The van der Waals surface area contributed by atoms with E-state index in [2.05, 4.69) is 4.90 Å². The van der Waals surface area contributed by atoms with Gasteiger partial charge in [-0.05, 0) is 25.9 Å². The third-order valence-corrected chi connectivity index (χ3v) is 2.77. The van der Waals surface area contributed by atoms with Gasteiger partial charge in [-0.2, -0.15) is 0 Å². The molecule has 1 heterocycles. The molecule has 1 fully saturated rings. The molecule has 2 heteroatoms. The molecule has 0 aromatic carbocycles. The molecule has 0 aromatic rings. The van der Waals surface area contributed by atoms with Crippen LogP contribution in [0.15, 0.2) is 0 Å². The number of likely N-dealkylation sites (tertiary alicyclic amines) is 1. The Bertz CT molecular complexity index is 159. The van der Waals surface area contributed by atoms with Gasteiger partial charge < -0.3 is 4.90 Å². The lowest BCUT2D eigenvalue weighted by atomic mass is 10.1. The van der Waals surface area contributed by atoms with Crippen LogP contribution in [-0.4, -0.2) is 30.3 Å². The van der Waals surface area contributed by atoms with Crippen LogP contribution < -0.4 is 0 Å². The molecule has 0 aromatic heterocycles. The van der Waals surface area contributed by atoms with Crippen molar-refractivity contribution in [3.63, 3.8) is 0 Å². The zero-order valence-corrected chi connectivity index (χ0v) is 8.88. The number of Topliss-reactive ketones (excluding diaryl/α,β-unsaturated/α-hetero) is 1. The van der Waals surface area contributed by atoms with Gasteiger partial charge in [0.15, 0.2) is 0 Å². The van der Waals surface area contributed by atoms with Gasteiger partial charge in [-0.15, -0.1) is 0 Å². The largest absolute Gasteiger partial charge is 0.303 e. The number of piperidine rings is 1.